The van der Waals surface area contributed by atoms with E-state index in [1.54, 1.807) is 0 Å². The van der Waals surface area contributed by atoms with E-state index < -0.39 is 0 Å². The molecular weight excluding hydrogens is 228 g/mol. The highest BCUT2D eigenvalue weighted by Crippen LogP contribution is 2.08. The van der Waals surface area contributed by atoms with Crippen molar-refractivity contribution in [2.75, 3.05) is 0 Å². The summed E-state index contributed by atoms with van der Waals surface area (Å²) in [5.41, 5.74) is 4.15. The smallest absolute Gasteiger partial charge is 0.0185 e. The van der Waals surface area contributed by atoms with Crippen LogP contribution in [-0.2, 0) is 0 Å². The first-order valence-electron chi connectivity index (χ1n) is 7.20. The molecule has 19 heavy (non-hydrogen) atoms. The lowest BCUT2D eigenvalue weighted by Gasteiger charge is -2.00. The van der Waals surface area contributed by atoms with E-state index in [2.05, 4.69) is 77.1 Å². The lowest BCUT2D eigenvalue weighted by Crippen LogP contribution is -2.25. The largest absolute Gasteiger partial charge is 0.0816 e. The van der Waals surface area contributed by atoms with Gasteiger partial charge in [0.2, 0.25) is 0 Å². The van der Waals surface area contributed by atoms with Gasteiger partial charge in [0, 0.05) is 0 Å². The van der Waals surface area contributed by atoms with Gasteiger partial charge in [0.1, 0.15) is 0 Å². The zero-order valence-corrected chi connectivity index (χ0v) is 13.0. The molecule has 0 fully saturated rings. The molecule has 0 bridgehead atoms. The fourth-order valence-corrected chi connectivity index (χ4v) is 2.03. The van der Waals surface area contributed by atoms with Gasteiger partial charge in [-0.25, -0.2) is 0 Å². The monoisotopic (exact) mass is 254 g/mol. The Kier molecular flexibility index (Phi) is 6.35. The fraction of sp³-hybridized carbons (Fsp3) is 0.368. The Bertz CT molecular complexity index is 583. The number of benzene rings is 1. The molecule has 0 aromatic heterocycles. The molecule has 1 aromatic rings. The van der Waals surface area contributed by atoms with Gasteiger partial charge in [0.15, 0.2) is 0 Å². The molecule has 1 aromatic carbocycles. The summed E-state index contributed by atoms with van der Waals surface area (Å²) in [5, 5.41) is 2.68. The van der Waals surface area contributed by atoms with Crippen molar-refractivity contribution >= 4 is 11.6 Å². The Balaban J connectivity index is 3.29. The van der Waals surface area contributed by atoms with Crippen LogP contribution in [0.4, 0.5) is 0 Å². The van der Waals surface area contributed by atoms with Crippen LogP contribution in [0, 0.1) is 0 Å². The van der Waals surface area contributed by atoms with Crippen LogP contribution in [0.3, 0.4) is 0 Å². The Morgan fingerprint density at radius 3 is 2.32 bits per heavy atom. The number of hydrogen-bond acceptors (Lipinski definition) is 0. The molecule has 0 heteroatoms. The molecule has 0 heterocycles. The van der Waals surface area contributed by atoms with E-state index >= 15 is 0 Å². The van der Waals surface area contributed by atoms with Crippen LogP contribution in [0.2, 0.25) is 0 Å². The standard InChI is InChI=1S/C19H26/c1-6-10-16(4)17(5)13-14-18-11-8-9-12-19(18)15(3)7-2/h8-14H,6-7H2,1-5H3/b16-10+,17-13+,18-14-,19-15+. The minimum Gasteiger partial charge on any atom is -0.0816 e. The third kappa shape index (κ3) is 4.55. The van der Waals surface area contributed by atoms with Crippen molar-refractivity contribution in [3.05, 3.63) is 58.0 Å². The summed E-state index contributed by atoms with van der Waals surface area (Å²) in [4.78, 5) is 0. The van der Waals surface area contributed by atoms with Crippen molar-refractivity contribution in [3.8, 4) is 0 Å². The van der Waals surface area contributed by atoms with Crippen molar-refractivity contribution in [3.63, 3.8) is 0 Å². The van der Waals surface area contributed by atoms with Crippen molar-refractivity contribution in [2.45, 2.75) is 47.5 Å². The van der Waals surface area contributed by atoms with Gasteiger partial charge in [-0.3, -0.25) is 0 Å². The fourth-order valence-electron chi connectivity index (χ4n) is 2.03. The first-order chi connectivity index (χ1) is 9.10. The molecule has 0 saturated heterocycles. The maximum atomic E-state index is 2.27. The molecule has 0 spiro atoms. The molecule has 0 atom stereocenters. The summed E-state index contributed by atoms with van der Waals surface area (Å²) < 4.78 is 0. The molecule has 0 nitrogen and oxygen atoms in total. The highest BCUT2D eigenvalue weighted by Gasteiger charge is 1.92. The van der Waals surface area contributed by atoms with Crippen molar-refractivity contribution < 1.29 is 0 Å². The minimum absolute atomic E-state index is 1.09. The Morgan fingerprint density at radius 1 is 1.00 bits per heavy atom. The topological polar surface area (TPSA) is 0 Å². The van der Waals surface area contributed by atoms with Gasteiger partial charge in [0.05, 0.1) is 0 Å². The molecule has 0 saturated carbocycles. The Labute approximate surface area is 117 Å². The van der Waals surface area contributed by atoms with E-state index in [0.717, 1.165) is 12.8 Å². The zero-order chi connectivity index (χ0) is 14.3. The zero-order valence-electron chi connectivity index (χ0n) is 13.0. The van der Waals surface area contributed by atoms with Crippen LogP contribution >= 0.6 is 0 Å². The summed E-state index contributed by atoms with van der Waals surface area (Å²) in [5.74, 6) is 0. The van der Waals surface area contributed by atoms with E-state index in [4.69, 9.17) is 0 Å². The lowest BCUT2D eigenvalue weighted by atomic mass is 10.1. The van der Waals surface area contributed by atoms with Crippen LogP contribution in [0.25, 0.3) is 11.6 Å². The molecule has 0 aliphatic carbocycles. The van der Waals surface area contributed by atoms with E-state index in [1.807, 2.05) is 0 Å². The number of rotatable bonds is 4. The van der Waals surface area contributed by atoms with Gasteiger partial charge in [-0.15, -0.1) is 0 Å². The summed E-state index contributed by atoms with van der Waals surface area (Å²) >= 11 is 0. The molecule has 0 radical (unpaired) electrons. The summed E-state index contributed by atoms with van der Waals surface area (Å²) in [7, 11) is 0. The predicted octanol–water partition coefficient (Wildman–Crippen LogP) is 4.35. The van der Waals surface area contributed by atoms with E-state index in [-0.39, 0.29) is 0 Å². The van der Waals surface area contributed by atoms with E-state index in [1.165, 1.54) is 27.2 Å². The van der Waals surface area contributed by atoms with E-state index in [9.17, 15) is 0 Å². The van der Waals surface area contributed by atoms with Gasteiger partial charge in [-0.2, -0.15) is 0 Å². The molecule has 1 rings (SSSR count). The summed E-state index contributed by atoms with van der Waals surface area (Å²) in [6, 6.07) is 8.63. The summed E-state index contributed by atoms with van der Waals surface area (Å²) in [6.45, 7) is 11.0. The SMILES string of the molecule is CC/C=C(C)/C(C)=C/C=c1/cccc/c1=C(/C)CC. The highest BCUT2D eigenvalue weighted by atomic mass is 14.0. The van der Waals surface area contributed by atoms with Crippen LogP contribution in [0.1, 0.15) is 47.5 Å². The molecular formula is C19H26. The Morgan fingerprint density at radius 2 is 1.68 bits per heavy atom. The summed E-state index contributed by atoms with van der Waals surface area (Å²) in [6.07, 6.45) is 8.92. The molecule has 0 aliphatic heterocycles. The first kappa shape index (κ1) is 15.5. The maximum absolute atomic E-state index is 2.27. The number of allylic oxidation sites excluding steroid dienone is 4. The third-order valence-electron chi connectivity index (χ3n) is 3.60. The number of hydrogen-bond donors (Lipinski definition) is 0. The normalized spacial score (nSPS) is 15.7. The van der Waals surface area contributed by atoms with Gasteiger partial charge < -0.3 is 0 Å². The van der Waals surface area contributed by atoms with Gasteiger partial charge >= 0.3 is 0 Å². The second-order valence-corrected chi connectivity index (χ2v) is 5.03. The average molecular weight is 254 g/mol. The van der Waals surface area contributed by atoms with E-state index in [0.29, 0.717) is 0 Å². The van der Waals surface area contributed by atoms with Gasteiger partial charge in [-0.05, 0) is 49.6 Å². The Hall–Kier alpha value is -1.56. The van der Waals surface area contributed by atoms with Crippen LogP contribution in [0.15, 0.2) is 47.6 Å². The van der Waals surface area contributed by atoms with Gasteiger partial charge in [0.25, 0.3) is 0 Å². The molecule has 0 amide bonds. The van der Waals surface area contributed by atoms with Crippen molar-refractivity contribution in [1.82, 2.24) is 0 Å². The molecule has 102 valence electrons. The second-order valence-electron chi connectivity index (χ2n) is 5.03. The minimum atomic E-state index is 1.09. The third-order valence-corrected chi connectivity index (χ3v) is 3.60. The molecule has 0 N–H and O–H groups in total. The average Bonchev–Trinajstić information content (AvgIpc) is 2.44. The van der Waals surface area contributed by atoms with Gasteiger partial charge in [-0.1, -0.05) is 67.5 Å². The predicted molar refractivity (Wildman–Crippen MR) is 87.3 cm³/mol. The molecule has 0 aliphatic rings. The van der Waals surface area contributed by atoms with Crippen molar-refractivity contribution in [1.29, 1.82) is 0 Å². The second kappa shape index (κ2) is 7.78. The van der Waals surface area contributed by atoms with Crippen LogP contribution in [-0.4, -0.2) is 0 Å². The van der Waals surface area contributed by atoms with Crippen molar-refractivity contribution in [2.24, 2.45) is 0 Å². The molecule has 0 unspecified atom stereocenters. The van der Waals surface area contributed by atoms with Crippen LogP contribution < -0.4 is 10.4 Å². The maximum Gasteiger partial charge on any atom is -0.0185 e. The quantitative estimate of drug-likeness (QED) is 0.701. The highest BCUT2D eigenvalue weighted by molar-refractivity contribution is 5.48. The van der Waals surface area contributed by atoms with Crippen LogP contribution in [0.5, 0.6) is 0 Å². The lowest BCUT2D eigenvalue weighted by molar-refractivity contribution is 1.18. The first-order valence-corrected chi connectivity index (χ1v) is 7.20.